The third-order valence-corrected chi connectivity index (χ3v) is 4.00. The van der Waals surface area contributed by atoms with Gasteiger partial charge in [0.05, 0.1) is 7.11 Å². The maximum Gasteiger partial charge on any atom is 0.316 e. The van der Waals surface area contributed by atoms with Crippen LogP contribution in [0, 0.1) is 5.92 Å². The van der Waals surface area contributed by atoms with Gasteiger partial charge in [0.2, 0.25) is 0 Å². The number of rotatable bonds is 3. The van der Waals surface area contributed by atoms with Crippen LogP contribution in [0.2, 0.25) is 0 Å². The molecule has 0 aromatic carbocycles. The van der Waals surface area contributed by atoms with Crippen LogP contribution in [-0.2, 0) is 0 Å². The molecule has 0 N–H and O–H groups in total. The maximum atomic E-state index is 4.99. The van der Waals surface area contributed by atoms with Gasteiger partial charge in [0.1, 0.15) is 0 Å². The Morgan fingerprint density at radius 1 is 1.33 bits per heavy atom. The first-order valence-electron chi connectivity index (χ1n) is 6.53. The van der Waals surface area contributed by atoms with Gasteiger partial charge < -0.3 is 4.74 Å². The normalized spacial score (nSPS) is 26.8. The van der Waals surface area contributed by atoms with E-state index < -0.39 is 0 Å². The summed E-state index contributed by atoms with van der Waals surface area (Å²) in [7, 11) is 1.59. The maximum absolute atomic E-state index is 4.99. The summed E-state index contributed by atoms with van der Waals surface area (Å²) in [5.41, 5.74) is 2.56. The Morgan fingerprint density at radius 3 is 2.56 bits per heavy atom. The minimum absolute atomic E-state index is 0.436. The zero-order valence-electron chi connectivity index (χ0n) is 11.1. The first-order chi connectivity index (χ1) is 8.69. The van der Waals surface area contributed by atoms with Crippen LogP contribution in [0.3, 0.4) is 0 Å². The lowest BCUT2D eigenvalue weighted by molar-refractivity contribution is 0.227. The van der Waals surface area contributed by atoms with Crippen LogP contribution in [-0.4, -0.2) is 40.6 Å². The lowest BCUT2D eigenvalue weighted by Crippen LogP contribution is -2.36. The highest BCUT2D eigenvalue weighted by molar-refractivity contribution is 5.70. The number of nitrogens with zero attached hydrogens (tertiary/aromatic N) is 3. The molecule has 4 heteroatoms. The minimum atomic E-state index is 0.436. The van der Waals surface area contributed by atoms with E-state index in [1.54, 1.807) is 7.11 Å². The lowest BCUT2D eigenvalue weighted by atomic mass is 9.97. The Hall–Kier alpha value is -1.42. The summed E-state index contributed by atoms with van der Waals surface area (Å²) in [6.45, 7) is 5.70. The molecule has 0 amide bonds. The van der Waals surface area contributed by atoms with Gasteiger partial charge in [-0.05, 0) is 31.8 Å². The van der Waals surface area contributed by atoms with E-state index in [4.69, 9.17) is 4.74 Å². The van der Waals surface area contributed by atoms with Crippen LogP contribution in [0.5, 0.6) is 6.01 Å². The fourth-order valence-corrected chi connectivity index (χ4v) is 3.12. The Bertz CT molecular complexity index is 466. The molecule has 2 atom stereocenters. The first kappa shape index (κ1) is 11.7. The van der Waals surface area contributed by atoms with E-state index in [9.17, 15) is 0 Å². The molecule has 1 fully saturated rings. The number of aromatic nitrogens is 2. The van der Waals surface area contributed by atoms with Crippen LogP contribution in [0.15, 0.2) is 18.5 Å². The largest absolute Gasteiger partial charge is 0.467 e. The zero-order valence-corrected chi connectivity index (χ0v) is 11.1. The topological polar surface area (TPSA) is 38.2 Å². The van der Waals surface area contributed by atoms with Crippen LogP contribution >= 0.6 is 0 Å². The highest BCUT2D eigenvalue weighted by Crippen LogP contribution is 2.42. The van der Waals surface area contributed by atoms with Gasteiger partial charge in [0.15, 0.2) is 0 Å². The molecule has 0 spiro atoms. The van der Waals surface area contributed by atoms with Crippen molar-refractivity contribution in [2.45, 2.75) is 32.4 Å². The lowest BCUT2D eigenvalue weighted by Gasteiger charge is -2.29. The van der Waals surface area contributed by atoms with Crippen molar-refractivity contribution in [3.8, 4) is 6.01 Å². The highest BCUT2D eigenvalue weighted by Gasteiger charge is 2.40. The minimum Gasteiger partial charge on any atom is -0.467 e. The first-order valence-corrected chi connectivity index (χ1v) is 6.53. The molecule has 1 saturated heterocycles. The Labute approximate surface area is 108 Å². The fourth-order valence-electron chi connectivity index (χ4n) is 3.12. The molecule has 2 heterocycles. The zero-order chi connectivity index (χ0) is 12.7. The summed E-state index contributed by atoms with van der Waals surface area (Å²) in [6.07, 6.45) is 7.38. The third kappa shape index (κ3) is 1.81. The molecule has 96 valence electrons. The van der Waals surface area contributed by atoms with E-state index >= 15 is 0 Å². The number of ether oxygens (including phenoxy) is 1. The smallest absolute Gasteiger partial charge is 0.316 e. The van der Waals surface area contributed by atoms with Crippen LogP contribution in [0.4, 0.5) is 0 Å². The number of likely N-dealkylation sites (tertiary alicyclic amines) is 1. The fraction of sp³-hybridized carbons (Fsp3) is 0.571. The highest BCUT2D eigenvalue weighted by atomic mass is 16.5. The second-order valence-corrected chi connectivity index (χ2v) is 5.37. The van der Waals surface area contributed by atoms with Crippen molar-refractivity contribution in [3.05, 3.63) is 24.0 Å². The van der Waals surface area contributed by atoms with Crippen molar-refractivity contribution in [1.82, 2.24) is 14.9 Å². The molecule has 0 saturated carbocycles. The standard InChI is InChI=1S/C14H19N3O/c1-9(2)17-8-10-4-12(17)5-13(10)11-6-15-14(18-3)16-7-11/h5-7,9-10,12H,4,8H2,1-3H3. The van der Waals surface area contributed by atoms with E-state index in [1.807, 2.05) is 12.4 Å². The molecular weight excluding hydrogens is 226 g/mol. The van der Waals surface area contributed by atoms with Gasteiger partial charge in [0.25, 0.3) is 0 Å². The van der Waals surface area contributed by atoms with Crippen molar-refractivity contribution in [2.75, 3.05) is 13.7 Å². The van der Waals surface area contributed by atoms with Crippen LogP contribution in [0.25, 0.3) is 5.57 Å². The second-order valence-electron chi connectivity index (χ2n) is 5.37. The predicted octanol–water partition coefficient (Wildman–Crippen LogP) is 1.98. The summed E-state index contributed by atoms with van der Waals surface area (Å²) in [5, 5.41) is 0. The summed E-state index contributed by atoms with van der Waals surface area (Å²) in [6, 6.07) is 1.67. The molecule has 0 radical (unpaired) electrons. The number of fused-ring (bicyclic) bond motifs is 2. The number of methoxy groups -OCH3 is 1. The van der Waals surface area contributed by atoms with Gasteiger partial charge in [-0.15, -0.1) is 0 Å². The molecule has 1 aliphatic carbocycles. The molecule has 18 heavy (non-hydrogen) atoms. The van der Waals surface area contributed by atoms with Crippen molar-refractivity contribution in [2.24, 2.45) is 5.92 Å². The Morgan fingerprint density at radius 2 is 2.06 bits per heavy atom. The van der Waals surface area contributed by atoms with Crippen LogP contribution < -0.4 is 4.74 Å². The van der Waals surface area contributed by atoms with Crippen molar-refractivity contribution < 1.29 is 4.74 Å². The van der Waals surface area contributed by atoms with Crippen molar-refractivity contribution >= 4 is 5.57 Å². The summed E-state index contributed by atoms with van der Waals surface area (Å²) >= 11 is 0. The van der Waals surface area contributed by atoms with E-state index in [1.165, 1.54) is 18.5 Å². The van der Waals surface area contributed by atoms with Crippen molar-refractivity contribution in [1.29, 1.82) is 0 Å². The molecular formula is C14H19N3O. The average molecular weight is 245 g/mol. The summed E-state index contributed by atoms with van der Waals surface area (Å²) < 4.78 is 4.99. The van der Waals surface area contributed by atoms with Gasteiger partial charge in [0, 0.05) is 36.6 Å². The summed E-state index contributed by atoms with van der Waals surface area (Å²) in [4.78, 5) is 11.0. The molecule has 2 unspecified atom stereocenters. The molecule has 1 aromatic rings. The second kappa shape index (κ2) is 4.35. The Balaban J connectivity index is 1.83. The SMILES string of the molecule is COc1ncc(C2=CC3CC2CN3C(C)C)cn1. The molecule has 3 rings (SSSR count). The number of hydrogen-bond acceptors (Lipinski definition) is 4. The van der Waals surface area contributed by atoms with E-state index in [2.05, 4.69) is 34.8 Å². The monoisotopic (exact) mass is 245 g/mol. The van der Waals surface area contributed by atoms with Crippen molar-refractivity contribution in [3.63, 3.8) is 0 Å². The van der Waals surface area contributed by atoms with E-state index in [-0.39, 0.29) is 0 Å². The Kier molecular flexibility index (Phi) is 2.82. The number of hydrogen-bond donors (Lipinski definition) is 0. The van der Waals surface area contributed by atoms with Gasteiger partial charge in [-0.25, -0.2) is 9.97 Å². The van der Waals surface area contributed by atoms with Gasteiger partial charge in [-0.2, -0.15) is 0 Å². The molecule has 4 nitrogen and oxygen atoms in total. The molecule has 1 aromatic heterocycles. The van der Waals surface area contributed by atoms with E-state index in [0.717, 1.165) is 5.56 Å². The summed E-state index contributed by atoms with van der Waals surface area (Å²) in [5.74, 6) is 0.648. The predicted molar refractivity (Wildman–Crippen MR) is 70.3 cm³/mol. The van der Waals surface area contributed by atoms with Gasteiger partial charge in [-0.3, -0.25) is 4.90 Å². The molecule has 2 bridgehead atoms. The quantitative estimate of drug-likeness (QED) is 0.816. The van der Waals surface area contributed by atoms with E-state index in [0.29, 0.717) is 24.0 Å². The third-order valence-electron chi connectivity index (χ3n) is 4.00. The average Bonchev–Trinajstić information content (AvgIpc) is 2.98. The van der Waals surface area contributed by atoms with Gasteiger partial charge in [-0.1, -0.05) is 6.08 Å². The molecule has 2 aliphatic rings. The van der Waals surface area contributed by atoms with Gasteiger partial charge >= 0.3 is 6.01 Å². The van der Waals surface area contributed by atoms with Crippen LogP contribution in [0.1, 0.15) is 25.8 Å². The molecule has 1 aliphatic heterocycles.